The molecule has 0 radical (unpaired) electrons. The molecule has 0 aliphatic heterocycles. The van der Waals surface area contributed by atoms with E-state index in [0.717, 1.165) is 5.69 Å². The zero-order valence-corrected chi connectivity index (χ0v) is 12.2. The first-order valence-electron chi connectivity index (χ1n) is 5.74. The van der Waals surface area contributed by atoms with Crippen molar-refractivity contribution in [1.29, 1.82) is 0 Å². The number of hydrogen-bond donors (Lipinski definition) is 3. The van der Waals surface area contributed by atoms with E-state index in [4.69, 9.17) is 11.5 Å². The molecule has 0 spiro atoms. The predicted molar refractivity (Wildman–Crippen MR) is 85.8 cm³/mol. The van der Waals surface area contributed by atoms with Gasteiger partial charge >= 0.3 is 0 Å². The topological polar surface area (TPSA) is 133 Å². The number of pyridine rings is 1. The van der Waals surface area contributed by atoms with E-state index in [9.17, 15) is 4.79 Å². The highest BCUT2D eigenvalue weighted by Crippen LogP contribution is 2.23. The van der Waals surface area contributed by atoms with Crippen LogP contribution >= 0.6 is 12.4 Å². The Balaban J connectivity index is 0.000000715. The van der Waals surface area contributed by atoms with Gasteiger partial charge in [-0.2, -0.15) is 5.11 Å². The quantitative estimate of drug-likeness (QED) is 0.735. The highest BCUT2D eigenvalue weighted by atomic mass is 35.5. The summed E-state index contributed by atoms with van der Waals surface area (Å²) in [5, 5.41) is 8.03. The van der Waals surface area contributed by atoms with Gasteiger partial charge in [-0.1, -0.05) is 18.2 Å². The molecule has 0 saturated carbocycles. The summed E-state index contributed by atoms with van der Waals surface area (Å²) in [5.74, 6) is 0.316. The first-order valence-corrected chi connectivity index (χ1v) is 5.74. The van der Waals surface area contributed by atoms with Crippen molar-refractivity contribution in [3.05, 3.63) is 42.5 Å². The molecule has 1 aromatic heterocycles. The number of amides is 1. The zero-order valence-electron chi connectivity index (χ0n) is 11.4. The molecule has 0 unspecified atom stereocenters. The van der Waals surface area contributed by atoms with Crippen LogP contribution in [0.25, 0.3) is 0 Å². The fraction of sp³-hybridized carbons (Fsp3) is 0.0769. The van der Waals surface area contributed by atoms with Gasteiger partial charge in [-0.25, -0.2) is 4.98 Å². The molecule has 6 N–H and O–H groups in total. The van der Waals surface area contributed by atoms with Crippen LogP contribution in [0.15, 0.2) is 52.7 Å². The summed E-state index contributed by atoms with van der Waals surface area (Å²) >= 11 is 0. The SMILES string of the molecule is CC(N)=O.Cl.Nc1ccc(/N=N/c2ccccc2)c(N)n1. The molecule has 1 amide bonds. The third kappa shape index (κ3) is 7.48. The molecule has 2 rings (SSSR count). The van der Waals surface area contributed by atoms with Crippen LogP contribution in [-0.4, -0.2) is 10.9 Å². The number of benzene rings is 1. The molecule has 112 valence electrons. The Labute approximate surface area is 128 Å². The zero-order chi connectivity index (χ0) is 15.0. The molecule has 0 atom stereocenters. The van der Waals surface area contributed by atoms with E-state index in [1.165, 1.54) is 6.92 Å². The third-order valence-electron chi connectivity index (χ3n) is 1.95. The second kappa shape index (κ2) is 9.27. The average molecular weight is 309 g/mol. The normalized spacial score (nSPS) is 9.38. The van der Waals surface area contributed by atoms with Crippen molar-refractivity contribution in [3.63, 3.8) is 0 Å². The van der Waals surface area contributed by atoms with Crippen LogP contribution in [0.4, 0.5) is 23.0 Å². The number of rotatable bonds is 2. The van der Waals surface area contributed by atoms with E-state index >= 15 is 0 Å². The molecule has 0 fully saturated rings. The van der Waals surface area contributed by atoms with Gasteiger partial charge in [-0.3, -0.25) is 4.79 Å². The van der Waals surface area contributed by atoms with Crippen molar-refractivity contribution in [2.24, 2.45) is 16.0 Å². The molecule has 8 heteroatoms. The summed E-state index contributed by atoms with van der Waals surface area (Å²) in [4.78, 5) is 13.1. The summed E-state index contributed by atoms with van der Waals surface area (Å²) in [6, 6.07) is 12.7. The second-order valence-electron chi connectivity index (χ2n) is 3.79. The molecule has 0 aliphatic carbocycles. The lowest BCUT2D eigenvalue weighted by Gasteiger charge is -1.98. The van der Waals surface area contributed by atoms with Crippen LogP contribution in [0.3, 0.4) is 0 Å². The van der Waals surface area contributed by atoms with Gasteiger partial charge in [-0.15, -0.1) is 17.5 Å². The van der Waals surface area contributed by atoms with E-state index in [-0.39, 0.29) is 24.1 Å². The van der Waals surface area contributed by atoms with Crippen LogP contribution < -0.4 is 17.2 Å². The van der Waals surface area contributed by atoms with Gasteiger partial charge in [0.25, 0.3) is 0 Å². The van der Waals surface area contributed by atoms with Gasteiger partial charge < -0.3 is 17.2 Å². The van der Waals surface area contributed by atoms with E-state index in [1.807, 2.05) is 30.3 Å². The van der Waals surface area contributed by atoms with E-state index in [1.54, 1.807) is 12.1 Å². The molecule has 1 heterocycles. The van der Waals surface area contributed by atoms with Gasteiger partial charge in [0.15, 0.2) is 5.82 Å². The molecule has 21 heavy (non-hydrogen) atoms. The van der Waals surface area contributed by atoms with Crippen molar-refractivity contribution in [1.82, 2.24) is 4.98 Å². The molecule has 1 aromatic carbocycles. The van der Waals surface area contributed by atoms with E-state index in [2.05, 4.69) is 20.9 Å². The Morgan fingerprint density at radius 3 is 2.14 bits per heavy atom. The minimum absolute atomic E-state index is 0. The highest BCUT2D eigenvalue weighted by Gasteiger charge is 1.98. The Hall–Kier alpha value is -2.67. The number of carbonyl (C=O) groups is 1. The number of halogens is 1. The van der Waals surface area contributed by atoms with Crippen molar-refractivity contribution in [2.45, 2.75) is 6.92 Å². The Bertz CT molecular complexity index is 599. The summed E-state index contributed by atoms with van der Waals surface area (Å²) in [5.41, 5.74) is 16.9. The van der Waals surface area contributed by atoms with Gasteiger partial charge in [-0.05, 0) is 24.3 Å². The number of azo groups is 1. The third-order valence-corrected chi connectivity index (χ3v) is 1.95. The number of nitrogens with two attached hydrogens (primary N) is 3. The standard InChI is InChI=1S/C11H11N5.C2H5NO.ClH/c12-10-7-6-9(11(13)14-10)16-15-8-4-2-1-3-5-8;1-2(3)4;/h1-7H,(H4,12,13,14);1H3,(H2,3,4);1H/b16-15+;;. The predicted octanol–water partition coefficient (Wildman–Crippen LogP) is 2.57. The smallest absolute Gasteiger partial charge is 0.214 e. The van der Waals surface area contributed by atoms with Gasteiger partial charge in [0.1, 0.15) is 11.5 Å². The summed E-state index contributed by atoms with van der Waals surface area (Å²) in [7, 11) is 0. The van der Waals surface area contributed by atoms with Crippen molar-refractivity contribution < 1.29 is 4.79 Å². The molecular formula is C13H17ClN6O. The molecule has 0 saturated heterocycles. The van der Waals surface area contributed by atoms with Crippen LogP contribution in [0.2, 0.25) is 0 Å². The van der Waals surface area contributed by atoms with Crippen LogP contribution in [0, 0.1) is 0 Å². The summed E-state index contributed by atoms with van der Waals surface area (Å²) in [6.45, 7) is 1.31. The highest BCUT2D eigenvalue weighted by molar-refractivity contribution is 5.85. The largest absolute Gasteiger partial charge is 0.384 e. The van der Waals surface area contributed by atoms with Crippen LogP contribution in [0.1, 0.15) is 6.92 Å². The number of carbonyl (C=O) groups excluding carboxylic acids is 1. The lowest BCUT2D eigenvalue weighted by atomic mass is 10.3. The molecule has 0 aliphatic rings. The number of hydrogen-bond acceptors (Lipinski definition) is 6. The Kier molecular flexibility index (Phi) is 8.09. The van der Waals surface area contributed by atoms with E-state index in [0.29, 0.717) is 11.5 Å². The number of primary amides is 1. The maximum Gasteiger partial charge on any atom is 0.214 e. The fourth-order valence-corrected chi connectivity index (χ4v) is 1.17. The number of nitrogen functional groups attached to an aromatic ring is 2. The van der Waals surface area contributed by atoms with Crippen molar-refractivity contribution >= 4 is 41.3 Å². The van der Waals surface area contributed by atoms with Gasteiger partial charge in [0.05, 0.1) is 5.69 Å². The van der Waals surface area contributed by atoms with Gasteiger partial charge in [0.2, 0.25) is 5.91 Å². The van der Waals surface area contributed by atoms with Crippen molar-refractivity contribution in [2.75, 3.05) is 11.5 Å². The average Bonchev–Trinajstić information content (AvgIpc) is 2.38. The maximum absolute atomic E-state index is 9.22. The monoisotopic (exact) mass is 308 g/mol. The Morgan fingerprint density at radius 1 is 1.05 bits per heavy atom. The Morgan fingerprint density at radius 2 is 1.62 bits per heavy atom. The van der Waals surface area contributed by atoms with Crippen LogP contribution in [0.5, 0.6) is 0 Å². The fourth-order valence-electron chi connectivity index (χ4n) is 1.17. The van der Waals surface area contributed by atoms with Gasteiger partial charge in [0, 0.05) is 6.92 Å². The molecule has 2 aromatic rings. The lowest BCUT2D eigenvalue weighted by Crippen LogP contribution is -2.01. The first kappa shape index (κ1) is 18.3. The summed E-state index contributed by atoms with van der Waals surface area (Å²) < 4.78 is 0. The second-order valence-corrected chi connectivity index (χ2v) is 3.79. The number of aromatic nitrogens is 1. The van der Waals surface area contributed by atoms with Crippen molar-refractivity contribution in [3.8, 4) is 0 Å². The maximum atomic E-state index is 9.22. The number of nitrogens with zero attached hydrogens (tertiary/aromatic N) is 3. The molecular weight excluding hydrogens is 292 g/mol. The minimum atomic E-state index is -0.333. The van der Waals surface area contributed by atoms with Crippen LogP contribution in [-0.2, 0) is 4.79 Å². The lowest BCUT2D eigenvalue weighted by molar-refractivity contribution is -0.115. The molecule has 0 bridgehead atoms. The summed E-state index contributed by atoms with van der Waals surface area (Å²) in [6.07, 6.45) is 0. The number of anilines is 2. The molecule has 7 nitrogen and oxygen atoms in total. The minimum Gasteiger partial charge on any atom is -0.384 e. The van der Waals surface area contributed by atoms with E-state index < -0.39 is 0 Å². The first-order chi connectivity index (χ1) is 9.49.